The van der Waals surface area contributed by atoms with Gasteiger partial charge in [-0.2, -0.15) is 12.6 Å². The molecule has 0 aliphatic carbocycles. The van der Waals surface area contributed by atoms with Crippen LogP contribution in [0.1, 0.15) is 67.1 Å². The van der Waals surface area contributed by atoms with E-state index in [0.717, 1.165) is 16.7 Å². The highest BCUT2D eigenvalue weighted by atomic mass is 32.1. The normalized spacial score (nSPS) is 13.7. The molecule has 0 saturated heterocycles. The lowest BCUT2D eigenvalue weighted by Gasteiger charge is -2.39. The van der Waals surface area contributed by atoms with Gasteiger partial charge in [0.05, 0.1) is 18.1 Å². The van der Waals surface area contributed by atoms with Crippen molar-refractivity contribution in [3.63, 3.8) is 0 Å². The van der Waals surface area contributed by atoms with Crippen LogP contribution in [0.2, 0.25) is 0 Å². The van der Waals surface area contributed by atoms with Gasteiger partial charge >= 0.3 is 5.97 Å². The number of esters is 1. The van der Waals surface area contributed by atoms with Crippen LogP contribution >= 0.6 is 12.6 Å². The lowest BCUT2D eigenvalue weighted by Crippen LogP contribution is -2.61. The molecule has 11 heteroatoms. The Labute approximate surface area is 276 Å². The number of thiol groups is 1. The third-order valence-electron chi connectivity index (χ3n) is 7.57. The number of hydrogen-bond donors (Lipinski definition) is 6. The van der Waals surface area contributed by atoms with Gasteiger partial charge in [-0.1, -0.05) is 84.9 Å². The van der Waals surface area contributed by atoms with Crippen LogP contribution in [0.5, 0.6) is 0 Å². The maximum Gasteiger partial charge on any atom is 0.336 e. The van der Waals surface area contributed by atoms with Crippen LogP contribution in [-0.2, 0) is 24.7 Å². The summed E-state index contributed by atoms with van der Waals surface area (Å²) < 4.78 is 5.43. The smallest absolute Gasteiger partial charge is 0.336 e. The van der Waals surface area contributed by atoms with Crippen molar-refractivity contribution in [3.8, 4) is 0 Å². The first-order valence-corrected chi connectivity index (χ1v) is 15.8. The summed E-state index contributed by atoms with van der Waals surface area (Å²) in [4.78, 5) is 51.9. The molecule has 246 valence electrons. The third-order valence-corrected chi connectivity index (χ3v) is 7.94. The second kappa shape index (κ2) is 16.0. The summed E-state index contributed by atoms with van der Waals surface area (Å²) in [6.45, 7) is 5.04. The van der Waals surface area contributed by atoms with Gasteiger partial charge in [0, 0.05) is 11.3 Å². The first kappa shape index (κ1) is 36.4. The molecule has 46 heavy (non-hydrogen) atoms. The minimum Gasteiger partial charge on any atom is -0.458 e. The number of primary amides is 1. The molecule has 3 rings (SSSR count). The van der Waals surface area contributed by atoms with Crippen LogP contribution in [0.3, 0.4) is 0 Å². The molecule has 0 bridgehead atoms. The molecule has 0 aromatic heterocycles. The number of unbranched alkanes of at least 4 members (excludes halogenated alkanes) is 1. The van der Waals surface area contributed by atoms with Gasteiger partial charge in [-0.05, 0) is 63.3 Å². The van der Waals surface area contributed by atoms with Crippen molar-refractivity contribution in [1.29, 1.82) is 0 Å². The summed E-state index contributed by atoms with van der Waals surface area (Å²) in [6.07, 6.45) is 1.01. The van der Waals surface area contributed by atoms with Gasteiger partial charge in [0.15, 0.2) is 11.3 Å². The summed E-state index contributed by atoms with van der Waals surface area (Å²) >= 11 is 4.38. The lowest BCUT2D eigenvalue weighted by atomic mass is 9.76. The molecule has 3 aromatic carbocycles. The van der Waals surface area contributed by atoms with Crippen molar-refractivity contribution in [2.75, 3.05) is 18.8 Å². The minimum absolute atomic E-state index is 0.0144. The Morgan fingerprint density at radius 2 is 1.35 bits per heavy atom. The number of benzene rings is 3. The first-order valence-electron chi connectivity index (χ1n) is 15.2. The number of ether oxygens (including phenoxy) is 1. The van der Waals surface area contributed by atoms with Crippen molar-refractivity contribution in [1.82, 2.24) is 10.6 Å². The van der Waals surface area contributed by atoms with Gasteiger partial charge in [-0.3, -0.25) is 19.7 Å². The Bertz CT molecular complexity index is 1440. The van der Waals surface area contributed by atoms with E-state index in [9.17, 15) is 19.2 Å². The summed E-state index contributed by atoms with van der Waals surface area (Å²) in [5.41, 5.74) is 16.5. The molecule has 0 heterocycles. The fourth-order valence-corrected chi connectivity index (χ4v) is 5.42. The van der Waals surface area contributed by atoms with E-state index in [1.165, 1.54) is 0 Å². The quantitative estimate of drug-likeness (QED) is 0.0343. The van der Waals surface area contributed by atoms with Crippen LogP contribution in [0.15, 0.2) is 84.9 Å². The van der Waals surface area contributed by atoms with Crippen molar-refractivity contribution in [3.05, 3.63) is 107 Å². The zero-order chi connectivity index (χ0) is 34.0. The maximum absolute atomic E-state index is 13.3. The SMILES string of the molecule is CC(C)(C)OC(=O)[C@](N)(CCCCN)C(=O)NCC(=O)c1ccc(C(NC(CS)C(N)=O)(c2ccccc2)c2ccccc2)cc1. The summed E-state index contributed by atoms with van der Waals surface area (Å²) in [5, 5.41) is 6.00. The van der Waals surface area contributed by atoms with Gasteiger partial charge in [0.25, 0.3) is 5.91 Å². The van der Waals surface area contributed by atoms with Gasteiger partial charge < -0.3 is 27.3 Å². The van der Waals surface area contributed by atoms with E-state index in [1.54, 1.807) is 45.0 Å². The molecule has 0 radical (unpaired) electrons. The van der Waals surface area contributed by atoms with Gasteiger partial charge in [0.1, 0.15) is 5.60 Å². The Balaban J connectivity index is 1.93. The number of nitrogens with one attached hydrogen (secondary N) is 2. The van der Waals surface area contributed by atoms with Crippen LogP contribution in [0.4, 0.5) is 0 Å². The van der Waals surface area contributed by atoms with Crippen LogP contribution in [0.25, 0.3) is 0 Å². The topological polar surface area (TPSA) is 180 Å². The molecule has 2 amide bonds. The highest BCUT2D eigenvalue weighted by Crippen LogP contribution is 2.37. The summed E-state index contributed by atoms with van der Waals surface area (Å²) in [7, 11) is 0. The Kier molecular flexibility index (Phi) is 12.7. The highest BCUT2D eigenvalue weighted by Gasteiger charge is 2.45. The number of nitrogens with two attached hydrogens (primary N) is 3. The standard InChI is InChI=1S/C35H45N5O5S/c1-33(2,3)45-32(44)34(38,20-10-11-21-36)31(43)39-22-29(41)24-16-18-27(19-17-24)35(25-12-6-4-7-13-25,26-14-8-5-9-15-26)40-28(23-46)30(37)42/h4-9,12-19,28,40,46H,10-11,20-23,36,38H2,1-3H3,(H2,37,42)(H,39,43)/t28?,34-/m0/s1. The first-order chi connectivity index (χ1) is 21.8. The highest BCUT2D eigenvalue weighted by molar-refractivity contribution is 7.80. The van der Waals surface area contributed by atoms with E-state index in [0.29, 0.717) is 24.9 Å². The van der Waals surface area contributed by atoms with E-state index >= 15 is 0 Å². The largest absolute Gasteiger partial charge is 0.458 e. The predicted octanol–water partition coefficient (Wildman–Crippen LogP) is 2.82. The third kappa shape index (κ3) is 8.82. The molecule has 2 atom stereocenters. The summed E-state index contributed by atoms with van der Waals surface area (Å²) in [5.74, 6) is -2.46. The van der Waals surface area contributed by atoms with Crippen molar-refractivity contribution >= 4 is 36.2 Å². The van der Waals surface area contributed by atoms with Crippen LogP contribution in [0, 0.1) is 0 Å². The van der Waals surface area contributed by atoms with E-state index < -0.39 is 46.3 Å². The second-order valence-corrected chi connectivity index (χ2v) is 12.5. The Morgan fingerprint density at radius 1 is 0.826 bits per heavy atom. The number of carbonyl (C=O) groups is 4. The van der Waals surface area contributed by atoms with Gasteiger partial charge in [0.2, 0.25) is 5.91 Å². The predicted molar refractivity (Wildman–Crippen MR) is 182 cm³/mol. The molecular weight excluding hydrogens is 602 g/mol. The number of ketones is 1. The molecule has 0 aliphatic heterocycles. The average Bonchev–Trinajstić information content (AvgIpc) is 3.04. The zero-order valence-electron chi connectivity index (χ0n) is 26.6. The fourth-order valence-electron chi connectivity index (χ4n) is 5.15. The van der Waals surface area contributed by atoms with E-state index in [4.69, 9.17) is 21.9 Å². The molecule has 0 aliphatic rings. The molecule has 0 saturated carbocycles. The van der Waals surface area contributed by atoms with Gasteiger partial charge in [-0.25, -0.2) is 4.79 Å². The van der Waals surface area contributed by atoms with Crippen LogP contribution < -0.4 is 27.8 Å². The monoisotopic (exact) mass is 647 g/mol. The zero-order valence-corrected chi connectivity index (χ0v) is 27.5. The summed E-state index contributed by atoms with van der Waals surface area (Å²) in [6, 6.07) is 25.3. The average molecular weight is 648 g/mol. The molecule has 1 unspecified atom stereocenters. The van der Waals surface area contributed by atoms with Crippen LogP contribution in [-0.4, -0.2) is 59.6 Å². The van der Waals surface area contributed by atoms with Crippen molar-refractivity contribution in [2.24, 2.45) is 17.2 Å². The van der Waals surface area contributed by atoms with E-state index in [-0.39, 0.29) is 18.7 Å². The number of carbonyl (C=O) groups excluding carboxylic acids is 4. The van der Waals surface area contributed by atoms with Crippen molar-refractivity contribution in [2.45, 2.75) is 62.8 Å². The Hall–Kier alpha value is -4.03. The number of rotatable bonds is 16. The Morgan fingerprint density at radius 3 is 1.80 bits per heavy atom. The molecule has 3 aromatic rings. The molecule has 0 fully saturated rings. The number of hydrogen-bond acceptors (Lipinski definition) is 9. The maximum atomic E-state index is 13.3. The van der Waals surface area contributed by atoms with E-state index in [1.807, 2.05) is 60.7 Å². The van der Waals surface area contributed by atoms with E-state index in [2.05, 4.69) is 23.3 Å². The lowest BCUT2D eigenvalue weighted by molar-refractivity contribution is -0.164. The molecule has 10 nitrogen and oxygen atoms in total. The van der Waals surface area contributed by atoms with Crippen molar-refractivity contribution < 1.29 is 23.9 Å². The number of amides is 2. The minimum atomic E-state index is -1.98. The second-order valence-electron chi connectivity index (χ2n) is 12.2. The molecule has 0 spiro atoms. The molecular formula is C35H45N5O5S. The van der Waals surface area contributed by atoms with Gasteiger partial charge in [-0.15, -0.1) is 0 Å². The molecule has 8 N–H and O–H groups in total. The fraction of sp³-hybridized carbons (Fsp3) is 0.371. The number of Topliss-reactive ketones (excluding diaryl/α,β-unsaturated/α-hetero) is 1.